The maximum absolute atomic E-state index is 5.66. The van der Waals surface area contributed by atoms with Crippen LogP contribution in [0.4, 0.5) is 0 Å². The van der Waals surface area contributed by atoms with Gasteiger partial charge >= 0.3 is 0 Å². The molecule has 0 N–H and O–H groups in total. The van der Waals surface area contributed by atoms with Crippen LogP contribution in [0.2, 0.25) is 0 Å². The van der Waals surface area contributed by atoms with Crippen LogP contribution in [0.25, 0.3) is 26.3 Å². The summed E-state index contributed by atoms with van der Waals surface area (Å²) in [6.07, 6.45) is 0. The number of fused-ring (bicyclic) bond motifs is 3. The van der Waals surface area contributed by atoms with Crippen LogP contribution in [0.1, 0.15) is 0 Å². The molecule has 0 aliphatic carbocycles. The van der Waals surface area contributed by atoms with Crippen LogP contribution in [-0.4, -0.2) is 15.5 Å². The van der Waals surface area contributed by atoms with Crippen LogP contribution < -0.4 is 4.74 Å². The van der Waals surface area contributed by atoms with Gasteiger partial charge in [-0.05, 0) is 22.1 Å². The lowest BCUT2D eigenvalue weighted by Gasteiger charge is -2.07. The normalized spacial score (nSPS) is 11.4. The second kappa shape index (κ2) is 5.91. The smallest absolute Gasteiger partial charge is 0.131 e. The first-order valence-corrected chi connectivity index (χ1v) is 8.36. The zero-order chi connectivity index (χ0) is 14.2. The van der Waals surface area contributed by atoms with Gasteiger partial charge in [-0.15, -0.1) is 0 Å². The van der Waals surface area contributed by atoms with E-state index in [-0.39, 0.29) is 8.41 Å². The van der Waals surface area contributed by atoms with Crippen LogP contribution >= 0.6 is 7.53 Å². The summed E-state index contributed by atoms with van der Waals surface area (Å²) in [4.78, 5) is 0. The molecule has 0 bridgehead atoms. The van der Waals surface area contributed by atoms with E-state index in [4.69, 9.17) is 4.74 Å². The first-order valence-electron chi connectivity index (χ1n) is 7.02. The quantitative estimate of drug-likeness (QED) is 0.438. The molecule has 0 spiro atoms. The molecule has 4 rings (SSSR count). The number of methoxy groups -OCH3 is 1. The highest BCUT2D eigenvalue weighted by Crippen LogP contribution is 2.57. The highest BCUT2D eigenvalue weighted by molar-refractivity contribution is 7.68. The number of hydrogen-bond donors (Lipinski definition) is 0. The molecule has 1 unspecified atom stereocenters. The van der Waals surface area contributed by atoms with E-state index >= 15 is 0 Å². The Morgan fingerprint density at radius 2 is 1.41 bits per heavy atom. The summed E-state index contributed by atoms with van der Waals surface area (Å²) in [5.41, 5.74) is 0. The Kier molecular flexibility index (Phi) is 3.96. The summed E-state index contributed by atoms with van der Waals surface area (Å²) in [7, 11) is 1.24. The van der Waals surface area contributed by atoms with Crippen molar-refractivity contribution >= 4 is 37.0 Å². The molecule has 1 heterocycles. The van der Waals surface area contributed by atoms with Gasteiger partial charge in [0.2, 0.25) is 0 Å². The molecule has 1 aromatic heterocycles. The molecule has 1 nitrogen and oxygen atoms in total. The van der Waals surface area contributed by atoms with Crippen LogP contribution in [0.5, 0.6) is 5.75 Å². The summed E-state index contributed by atoms with van der Waals surface area (Å²) in [5.74, 6) is 0.999. The SMILES string of the molecule is COc1cccc2c3ccccc3p(-c3ccccc3)c12.[B]. The van der Waals surface area contributed by atoms with Gasteiger partial charge in [-0.1, -0.05) is 74.3 Å². The molecular weight excluding hydrogens is 286 g/mol. The average Bonchev–Trinajstić information content (AvgIpc) is 2.90. The molecule has 3 aromatic carbocycles. The molecular formula is C19H15BOP. The second-order valence-corrected chi connectivity index (χ2v) is 7.16. The Labute approximate surface area is 133 Å². The Hall–Kier alpha value is -2.18. The van der Waals surface area contributed by atoms with Gasteiger partial charge in [0.1, 0.15) is 5.75 Å². The van der Waals surface area contributed by atoms with Gasteiger partial charge in [-0.3, -0.25) is 0 Å². The van der Waals surface area contributed by atoms with Crippen molar-refractivity contribution in [2.24, 2.45) is 0 Å². The summed E-state index contributed by atoms with van der Waals surface area (Å²) in [6, 6.07) is 25.9. The zero-order valence-corrected chi connectivity index (χ0v) is 13.3. The molecule has 0 amide bonds. The van der Waals surface area contributed by atoms with Crippen LogP contribution in [-0.2, 0) is 0 Å². The maximum atomic E-state index is 5.66. The lowest BCUT2D eigenvalue weighted by atomic mass is 10.1. The fourth-order valence-electron chi connectivity index (χ4n) is 3.00. The Morgan fingerprint density at radius 3 is 2.18 bits per heavy atom. The third kappa shape index (κ3) is 2.12. The molecule has 22 heavy (non-hydrogen) atoms. The summed E-state index contributed by atoms with van der Waals surface area (Å²) >= 11 is 0. The van der Waals surface area contributed by atoms with E-state index in [0.29, 0.717) is 0 Å². The lowest BCUT2D eigenvalue weighted by Crippen LogP contribution is -1.81. The van der Waals surface area contributed by atoms with Gasteiger partial charge in [0, 0.05) is 18.6 Å². The molecule has 0 fully saturated rings. The fourth-order valence-corrected chi connectivity index (χ4v) is 5.74. The molecule has 3 radical (unpaired) electrons. The molecule has 105 valence electrons. The summed E-state index contributed by atoms with van der Waals surface area (Å²) < 4.78 is 5.66. The molecule has 0 saturated carbocycles. The summed E-state index contributed by atoms with van der Waals surface area (Å²) in [5, 5.41) is 6.82. The Bertz CT molecular complexity index is 928. The van der Waals surface area contributed by atoms with E-state index in [1.165, 1.54) is 26.3 Å². The molecule has 3 heteroatoms. The largest absolute Gasteiger partial charge is 0.496 e. The first-order chi connectivity index (χ1) is 10.4. The van der Waals surface area contributed by atoms with Gasteiger partial charge < -0.3 is 4.74 Å². The maximum Gasteiger partial charge on any atom is 0.131 e. The second-order valence-electron chi connectivity index (χ2n) is 5.04. The minimum Gasteiger partial charge on any atom is -0.496 e. The van der Waals surface area contributed by atoms with Gasteiger partial charge in [-0.2, -0.15) is 0 Å². The van der Waals surface area contributed by atoms with Crippen LogP contribution in [0.3, 0.4) is 0 Å². The van der Waals surface area contributed by atoms with Crippen molar-refractivity contribution in [3.8, 4) is 11.1 Å². The van der Waals surface area contributed by atoms with Crippen molar-refractivity contribution < 1.29 is 4.74 Å². The van der Waals surface area contributed by atoms with Crippen molar-refractivity contribution in [2.75, 3.05) is 7.11 Å². The predicted molar refractivity (Wildman–Crippen MR) is 97.8 cm³/mol. The average molecular weight is 301 g/mol. The van der Waals surface area contributed by atoms with Crippen LogP contribution in [0.15, 0.2) is 72.8 Å². The van der Waals surface area contributed by atoms with Crippen molar-refractivity contribution in [2.45, 2.75) is 0 Å². The van der Waals surface area contributed by atoms with Crippen molar-refractivity contribution in [3.63, 3.8) is 0 Å². The number of benzene rings is 3. The number of hydrogen-bond acceptors (Lipinski definition) is 1. The fraction of sp³-hybridized carbons (Fsp3) is 0.0526. The van der Waals surface area contributed by atoms with Gasteiger partial charge in [0.25, 0.3) is 0 Å². The Morgan fingerprint density at radius 1 is 0.727 bits per heavy atom. The van der Waals surface area contributed by atoms with Gasteiger partial charge in [0.05, 0.1) is 7.11 Å². The van der Waals surface area contributed by atoms with E-state index < -0.39 is 7.53 Å². The third-order valence-electron chi connectivity index (χ3n) is 3.89. The molecule has 0 aliphatic rings. The topological polar surface area (TPSA) is 9.23 Å². The minimum atomic E-state index is -0.524. The minimum absolute atomic E-state index is 0. The molecule has 4 aromatic rings. The van der Waals surface area contributed by atoms with Crippen molar-refractivity contribution in [1.29, 1.82) is 0 Å². The van der Waals surface area contributed by atoms with Crippen LogP contribution in [0, 0.1) is 0 Å². The van der Waals surface area contributed by atoms with E-state index in [1.807, 2.05) is 0 Å². The zero-order valence-electron chi connectivity index (χ0n) is 12.4. The van der Waals surface area contributed by atoms with E-state index in [2.05, 4.69) is 72.8 Å². The highest BCUT2D eigenvalue weighted by Gasteiger charge is 2.15. The van der Waals surface area contributed by atoms with Crippen molar-refractivity contribution in [3.05, 3.63) is 72.8 Å². The van der Waals surface area contributed by atoms with E-state index in [0.717, 1.165) is 5.75 Å². The molecule has 1 atom stereocenters. The lowest BCUT2D eigenvalue weighted by molar-refractivity contribution is 0.420. The van der Waals surface area contributed by atoms with Gasteiger partial charge in [-0.25, -0.2) is 0 Å². The number of ether oxygens (including phenoxy) is 1. The Balaban J connectivity index is 0.00000144. The van der Waals surface area contributed by atoms with Gasteiger partial charge in [0.15, 0.2) is 0 Å². The van der Waals surface area contributed by atoms with E-state index in [1.54, 1.807) is 7.11 Å². The summed E-state index contributed by atoms with van der Waals surface area (Å²) in [6.45, 7) is 0. The third-order valence-corrected chi connectivity index (χ3v) is 6.49. The number of rotatable bonds is 2. The monoisotopic (exact) mass is 301 g/mol. The predicted octanol–water partition coefficient (Wildman–Crippen LogP) is 5.60. The molecule has 0 saturated heterocycles. The highest BCUT2D eigenvalue weighted by atomic mass is 31.1. The van der Waals surface area contributed by atoms with E-state index in [9.17, 15) is 0 Å². The first kappa shape index (κ1) is 14.7. The van der Waals surface area contributed by atoms with Crippen molar-refractivity contribution in [1.82, 2.24) is 0 Å². The standard InChI is InChI=1S/C19H15OP.B/c1-20-17-12-7-11-16-15-10-5-6-13-18(15)21(19(16)17)14-8-3-2-4-9-14;/h2-13H,1H3;. The molecule has 0 aliphatic heterocycles.